The van der Waals surface area contributed by atoms with Crippen LogP contribution in [0.2, 0.25) is 10.0 Å². The molecule has 1 amide bonds. The maximum atomic E-state index is 12.0. The van der Waals surface area contributed by atoms with Crippen LogP contribution < -0.4 is 5.32 Å². The Morgan fingerprint density at radius 1 is 1.26 bits per heavy atom. The smallest absolute Gasteiger partial charge is 0.225 e. The number of aliphatic hydroxyl groups excluding tert-OH is 2. The number of halogens is 2. The Morgan fingerprint density at radius 3 is 2.21 bits per heavy atom. The lowest BCUT2D eigenvalue weighted by Crippen LogP contribution is -2.54. The maximum absolute atomic E-state index is 12.0. The number of aliphatic hydroxyl groups is 2. The molecule has 0 atom stereocenters. The first kappa shape index (κ1) is 16.2. The summed E-state index contributed by atoms with van der Waals surface area (Å²) in [5.74, 6) is -0.347. The third-order valence-corrected chi connectivity index (χ3v) is 3.79. The average Bonchev–Trinajstić information content (AvgIpc) is 2.41. The standard InChI is InChI=1S/C13H17Cl2NO3/c1-2-13(7-17,8-18)16-12(19)6-9-10(14)4-3-5-11(9)15/h3-5,17-18H,2,6-8H2,1H3,(H,16,19). The van der Waals surface area contributed by atoms with E-state index in [1.807, 2.05) is 0 Å². The molecule has 0 spiro atoms. The highest BCUT2D eigenvalue weighted by molar-refractivity contribution is 6.36. The highest BCUT2D eigenvalue weighted by Gasteiger charge is 2.28. The molecule has 0 aromatic heterocycles. The van der Waals surface area contributed by atoms with Gasteiger partial charge in [-0.15, -0.1) is 0 Å². The molecule has 0 bridgehead atoms. The van der Waals surface area contributed by atoms with Crippen LogP contribution in [-0.2, 0) is 11.2 Å². The molecule has 0 unspecified atom stereocenters. The van der Waals surface area contributed by atoms with E-state index in [0.717, 1.165) is 0 Å². The van der Waals surface area contributed by atoms with E-state index in [9.17, 15) is 15.0 Å². The second kappa shape index (κ2) is 7.10. The average molecular weight is 306 g/mol. The van der Waals surface area contributed by atoms with E-state index in [2.05, 4.69) is 5.32 Å². The van der Waals surface area contributed by atoms with Gasteiger partial charge in [0.2, 0.25) is 5.91 Å². The summed E-state index contributed by atoms with van der Waals surface area (Å²) in [6, 6.07) is 5.01. The number of hydrogen-bond donors (Lipinski definition) is 3. The van der Waals surface area contributed by atoms with Gasteiger partial charge < -0.3 is 15.5 Å². The van der Waals surface area contributed by atoms with Gasteiger partial charge in [0.05, 0.1) is 25.2 Å². The molecule has 3 N–H and O–H groups in total. The van der Waals surface area contributed by atoms with Gasteiger partial charge in [0.25, 0.3) is 0 Å². The Hall–Kier alpha value is -0.810. The van der Waals surface area contributed by atoms with Crippen LogP contribution in [0.4, 0.5) is 0 Å². The zero-order chi connectivity index (χ0) is 14.5. The Morgan fingerprint density at radius 2 is 1.79 bits per heavy atom. The summed E-state index contributed by atoms with van der Waals surface area (Å²) in [6.07, 6.45) is 0.419. The first-order chi connectivity index (χ1) is 8.98. The van der Waals surface area contributed by atoms with Gasteiger partial charge >= 0.3 is 0 Å². The van der Waals surface area contributed by atoms with Crippen LogP contribution in [0.3, 0.4) is 0 Å². The van der Waals surface area contributed by atoms with Crippen LogP contribution in [0.1, 0.15) is 18.9 Å². The van der Waals surface area contributed by atoms with Crippen molar-refractivity contribution >= 4 is 29.1 Å². The van der Waals surface area contributed by atoms with Gasteiger partial charge in [-0.3, -0.25) is 4.79 Å². The Bertz CT molecular complexity index is 419. The van der Waals surface area contributed by atoms with Gasteiger partial charge in [0, 0.05) is 10.0 Å². The monoisotopic (exact) mass is 305 g/mol. The van der Waals surface area contributed by atoms with E-state index in [0.29, 0.717) is 22.0 Å². The summed E-state index contributed by atoms with van der Waals surface area (Å²) in [6.45, 7) is 1.11. The van der Waals surface area contributed by atoms with Crippen molar-refractivity contribution in [1.82, 2.24) is 5.32 Å². The van der Waals surface area contributed by atoms with Crippen molar-refractivity contribution in [2.45, 2.75) is 25.3 Å². The Balaban J connectivity index is 2.81. The molecule has 1 aromatic rings. The fourth-order valence-electron chi connectivity index (χ4n) is 1.64. The molecule has 4 nitrogen and oxygen atoms in total. The van der Waals surface area contributed by atoms with Crippen LogP contribution >= 0.6 is 23.2 Å². The summed E-state index contributed by atoms with van der Waals surface area (Å²) in [7, 11) is 0. The van der Waals surface area contributed by atoms with Crippen molar-refractivity contribution in [3.8, 4) is 0 Å². The van der Waals surface area contributed by atoms with Crippen LogP contribution in [0.5, 0.6) is 0 Å². The first-order valence-electron chi connectivity index (χ1n) is 5.93. The fraction of sp³-hybridized carbons (Fsp3) is 0.462. The van der Waals surface area contributed by atoms with Gasteiger partial charge in [-0.25, -0.2) is 0 Å². The van der Waals surface area contributed by atoms with Gasteiger partial charge in [-0.1, -0.05) is 36.2 Å². The lowest BCUT2D eigenvalue weighted by molar-refractivity contribution is -0.123. The number of nitrogens with one attached hydrogen (secondary N) is 1. The number of hydrogen-bond acceptors (Lipinski definition) is 3. The molecular weight excluding hydrogens is 289 g/mol. The molecule has 0 fully saturated rings. The van der Waals surface area contributed by atoms with Gasteiger partial charge in [-0.2, -0.15) is 0 Å². The molecule has 0 saturated carbocycles. The van der Waals surface area contributed by atoms with Crippen molar-refractivity contribution in [2.75, 3.05) is 13.2 Å². The summed E-state index contributed by atoms with van der Waals surface area (Å²) >= 11 is 12.0. The van der Waals surface area contributed by atoms with Crippen LogP contribution in [0.15, 0.2) is 18.2 Å². The number of carbonyl (C=O) groups excluding carboxylic acids is 1. The van der Waals surface area contributed by atoms with Crippen molar-refractivity contribution in [1.29, 1.82) is 0 Å². The zero-order valence-electron chi connectivity index (χ0n) is 10.6. The minimum atomic E-state index is -1.01. The van der Waals surface area contributed by atoms with E-state index in [1.165, 1.54) is 0 Å². The molecular formula is C13H17Cl2NO3. The van der Waals surface area contributed by atoms with Crippen molar-refractivity contribution in [2.24, 2.45) is 0 Å². The third kappa shape index (κ3) is 4.08. The van der Waals surface area contributed by atoms with Crippen molar-refractivity contribution in [3.05, 3.63) is 33.8 Å². The molecule has 0 heterocycles. The number of benzene rings is 1. The van der Waals surface area contributed by atoms with Gasteiger partial charge in [0.15, 0.2) is 0 Å². The summed E-state index contributed by atoms with van der Waals surface area (Å²) < 4.78 is 0. The fourth-order valence-corrected chi connectivity index (χ4v) is 2.17. The molecule has 19 heavy (non-hydrogen) atoms. The highest BCUT2D eigenvalue weighted by Crippen LogP contribution is 2.24. The second-order valence-corrected chi connectivity index (χ2v) is 5.19. The molecule has 1 rings (SSSR count). The lowest BCUT2D eigenvalue weighted by atomic mass is 9.98. The number of carbonyl (C=O) groups is 1. The highest BCUT2D eigenvalue weighted by atomic mass is 35.5. The van der Waals surface area contributed by atoms with Crippen LogP contribution in [0, 0.1) is 0 Å². The third-order valence-electron chi connectivity index (χ3n) is 3.09. The molecule has 0 aliphatic carbocycles. The molecule has 0 saturated heterocycles. The molecule has 106 valence electrons. The van der Waals surface area contributed by atoms with E-state index in [1.54, 1.807) is 25.1 Å². The number of amides is 1. The normalized spacial score (nSPS) is 11.4. The molecule has 1 aromatic carbocycles. The van der Waals surface area contributed by atoms with E-state index in [-0.39, 0.29) is 25.5 Å². The predicted molar refractivity (Wildman–Crippen MR) is 75.5 cm³/mol. The SMILES string of the molecule is CCC(CO)(CO)NC(=O)Cc1c(Cl)cccc1Cl. The summed E-state index contributed by atoms with van der Waals surface area (Å²) in [5.41, 5.74) is -0.477. The summed E-state index contributed by atoms with van der Waals surface area (Å²) in [4.78, 5) is 12.0. The topological polar surface area (TPSA) is 69.6 Å². The molecule has 0 aliphatic rings. The van der Waals surface area contributed by atoms with Crippen molar-refractivity contribution in [3.63, 3.8) is 0 Å². The zero-order valence-corrected chi connectivity index (χ0v) is 12.1. The molecule has 0 aliphatic heterocycles. The van der Waals surface area contributed by atoms with Gasteiger partial charge in [0.1, 0.15) is 0 Å². The second-order valence-electron chi connectivity index (χ2n) is 4.38. The van der Waals surface area contributed by atoms with Crippen LogP contribution in [0.25, 0.3) is 0 Å². The van der Waals surface area contributed by atoms with E-state index in [4.69, 9.17) is 23.2 Å². The molecule has 0 radical (unpaired) electrons. The minimum absolute atomic E-state index is 0.000255. The number of rotatable bonds is 6. The minimum Gasteiger partial charge on any atom is -0.394 e. The van der Waals surface area contributed by atoms with Crippen LogP contribution in [-0.4, -0.2) is 34.9 Å². The summed E-state index contributed by atoms with van der Waals surface area (Å²) in [5, 5.41) is 22.0. The van der Waals surface area contributed by atoms with Gasteiger partial charge in [-0.05, 0) is 24.1 Å². The van der Waals surface area contributed by atoms with E-state index < -0.39 is 5.54 Å². The van der Waals surface area contributed by atoms with E-state index >= 15 is 0 Å². The lowest BCUT2D eigenvalue weighted by Gasteiger charge is -2.29. The van der Waals surface area contributed by atoms with Crippen molar-refractivity contribution < 1.29 is 15.0 Å². The Kier molecular flexibility index (Phi) is 6.07. The molecule has 6 heteroatoms. The maximum Gasteiger partial charge on any atom is 0.225 e. The Labute approximate surface area is 122 Å². The first-order valence-corrected chi connectivity index (χ1v) is 6.69. The quantitative estimate of drug-likeness (QED) is 0.750. The predicted octanol–water partition coefficient (Wildman–Crippen LogP) is 1.79. The largest absolute Gasteiger partial charge is 0.394 e.